The minimum atomic E-state index is 0. The normalized spacial score (nSPS) is 2.00. The molecular formula is CH2PbS2. The van der Waals surface area contributed by atoms with Crippen LogP contribution in [-0.2, 0) is 0 Å². The first kappa shape index (κ1) is 8.94. The second-order valence-electron chi connectivity index (χ2n) is 0.0833. The molecule has 3 heteroatoms. The predicted octanol–water partition coefficient (Wildman–Crippen LogP) is 0.102. The quantitative estimate of drug-likeness (QED) is 0.457. The Balaban J connectivity index is 0. The van der Waals surface area contributed by atoms with Crippen LogP contribution < -0.4 is 0 Å². The van der Waals surface area contributed by atoms with Crippen LogP contribution in [0.1, 0.15) is 0 Å². The molecule has 0 rings (SSSR count). The van der Waals surface area contributed by atoms with Gasteiger partial charge in [-0.25, -0.2) is 0 Å². The van der Waals surface area contributed by atoms with Gasteiger partial charge in [-0.3, -0.25) is 0 Å². The molecule has 0 amide bonds. The van der Waals surface area contributed by atoms with Gasteiger partial charge in [0, 0.05) is 4.31 Å². The van der Waals surface area contributed by atoms with E-state index in [1.165, 1.54) is 0 Å². The number of hydrogen-bond donors (Lipinski definition) is 0. The number of hydrogen-bond acceptors (Lipinski definition) is 2. The molecule has 0 aliphatic carbocycles. The molecule has 0 saturated carbocycles. The van der Waals surface area contributed by atoms with Crippen molar-refractivity contribution in [1.82, 2.24) is 0 Å². The molecule has 0 aromatic carbocycles. The van der Waals surface area contributed by atoms with E-state index in [2.05, 4.69) is 24.4 Å². The molecule has 0 spiro atoms. The number of thiocarbonyl (C=S) groups is 2. The van der Waals surface area contributed by atoms with E-state index in [1.54, 1.807) is 0 Å². The van der Waals surface area contributed by atoms with Crippen molar-refractivity contribution >= 4 is 56.0 Å². The third-order valence-corrected chi connectivity index (χ3v) is 0. The van der Waals surface area contributed by atoms with Gasteiger partial charge in [0.05, 0.1) is 0 Å². The van der Waals surface area contributed by atoms with E-state index in [4.69, 9.17) is 0 Å². The van der Waals surface area contributed by atoms with E-state index < -0.39 is 0 Å². The van der Waals surface area contributed by atoms with Crippen LogP contribution in [0.3, 0.4) is 0 Å². The SMILES string of the molecule is S=C=S.[PbH2]. The standard InChI is InChI=1S/CS2.Pb.2H/c2-1-3;;;. The van der Waals surface area contributed by atoms with E-state index in [-0.39, 0.29) is 27.3 Å². The fraction of sp³-hybridized carbons (Fsp3) is 0. The molecule has 0 bridgehead atoms. The third kappa shape index (κ3) is 11.1. The molecule has 0 heterocycles. The van der Waals surface area contributed by atoms with Gasteiger partial charge in [0.1, 0.15) is 0 Å². The average molecular weight is 285 g/mol. The Kier molecular flexibility index (Phi) is 19.9. The van der Waals surface area contributed by atoms with Gasteiger partial charge in [0.25, 0.3) is 0 Å². The Hall–Kier alpha value is 1.14. The molecule has 0 aliphatic rings. The first-order chi connectivity index (χ1) is 1.41. The summed E-state index contributed by atoms with van der Waals surface area (Å²) >= 11 is 7.92. The summed E-state index contributed by atoms with van der Waals surface area (Å²) < 4.78 is 1.92. The van der Waals surface area contributed by atoms with E-state index in [0.29, 0.717) is 0 Å². The van der Waals surface area contributed by atoms with Crippen LogP contribution >= 0.6 is 24.4 Å². The van der Waals surface area contributed by atoms with Crippen molar-refractivity contribution in [2.75, 3.05) is 0 Å². The van der Waals surface area contributed by atoms with E-state index >= 15 is 0 Å². The number of rotatable bonds is 0. The molecule has 0 atom stereocenters. The van der Waals surface area contributed by atoms with Gasteiger partial charge in [-0.05, 0) is 24.4 Å². The predicted molar refractivity (Wildman–Crippen MR) is 28.7 cm³/mol. The van der Waals surface area contributed by atoms with E-state index in [1.807, 2.05) is 4.31 Å². The molecule has 0 unspecified atom stereocenters. The van der Waals surface area contributed by atoms with Crippen molar-refractivity contribution in [3.05, 3.63) is 0 Å². The topological polar surface area (TPSA) is 0 Å². The van der Waals surface area contributed by atoms with Gasteiger partial charge in [-0.15, -0.1) is 0 Å². The third-order valence-electron chi connectivity index (χ3n) is 0. The Morgan fingerprint density at radius 2 is 1.25 bits per heavy atom. The summed E-state index contributed by atoms with van der Waals surface area (Å²) in [4.78, 5) is 0. The van der Waals surface area contributed by atoms with E-state index in [9.17, 15) is 0 Å². The summed E-state index contributed by atoms with van der Waals surface area (Å²) in [6, 6.07) is 0. The van der Waals surface area contributed by atoms with E-state index in [0.717, 1.165) is 0 Å². The molecule has 0 aromatic rings. The van der Waals surface area contributed by atoms with Gasteiger partial charge in [0.15, 0.2) is 0 Å². The summed E-state index contributed by atoms with van der Waals surface area (Å²) in [6.07, 6.45) is 0. The fourth-order valence-corrected chi connectivity index (χ4v) is 0. The molecular weight excluding hydrogens is 283 g/mol. The van der Waals surface area contributed by atoms with Crippen molar-refractivity contribution in [1.29, 1.82) is 0 Å². The van der Waals surface area contributed by atoms with Crippen LogP contribution in [0.5, 0.6) is 0 Å². The Bertz CT molecular complexity index is 27.0. The second-order valence-corrected chi connectivity index (χ2v) is 0.750. The van der Waals surface area contributed by atoms with Crippen LogP contribution in [0.15, 0.2) is 0 Å². The Labute approximate surface area is 55.7 Å². The summed E-state index contributed by atoms with van der Waals surface area (Å²) in [5.41, 5.74) is 0. The Morgan fingerprint density at radius 1 is 1.25 bits per heavy atom. The van der Waals surface area contributed by atoms with Gasteiger partial charge >= 0.3 is 27.3 Å². The molecule has 0 aliphatic heterocycles. The zero-order valence-electron chi connectivity index (χ0n) is 2.02. The van der Waals surface area contributed by atoms with Gasteiger partial charge in [-0.2, -0.15) is 0 Å². The van der Waals surface area contributed by atoms with Crippen LogP contribution in [0.4, 0.5) is 0 Å². The molecule has 2 radical (unpaired) electrons. The Morgan fingerprint density at radius 3 is 1.25 bits per heavy atom. The van der Waals surface area contributed by atoms with Crippen LogP contribution in [0, 0.1) is 0 Å². The molecule has 4 heavy (non-hydrogen) atoms. The molecule has 0 aromatic heterocycles. The van der Waals surface area contributed by atoms with Crippen molar-refractivity contribution in [3.8, 4) is 0 Å². The molecule has 0 nitrogen and oxygen atoms in total. The van der Waals surface area contributed by atoms with Gasteiger partial charge in [-0.1, -0.05) is 0 Å². The summed E-state index contributed by atoms with van der Waals surface area (Å²) in [6.45, 7) is 0. The molecule has 0 fully saturated rings. The second kappa shape index (κ2) is 8.91. The maximum atomic E-state index is 3.96. The monoisotopic (exact) mass is 286 g/mol. The van der Waals surface area contributed by atoms with Crippen LogP contribution in [-0.4, -0.2) is 31.6 Å². The zero-order chi connectivity index (χ0) is 2.71. The van der Waals surface area contributed by atoms with Crippen molar-refractivity contribution in [3.63, 3.8) is 0 Å². The van der Waals surface area contributed by atoms with Crippen molar-refractivity contribution in [2.24, 2.45) is 0 Å². The van der Waals surface area contributed by atoms with Gasteiger partial charge in [0.2, 0.25) is 0 Å². The summed E-state index contributed by atoms with van der Waals surface area (Å²) in [5, 5.41) is 0. The maximum absolute atomic E-state index is 3.96. The molecule has 0 saturated heterocycles. The van der Waals surface area contributed by atoms with Crippen LogP contribution in [0.2, 0.25) is 0 Å². The fourth-order valence-electron chi connectivity index (χ4n) is 0. The first-order valence-electron chi connectivity index (χ1n) is 0.408. The van der Waals surface area contributed by atoms with Crippen LogP contribution in [0.25, 0.3) is 0 Å². The molecule has 22 valence electrons. The summed E-state index contributed by atoms with van der Waals surface area (Å²) in [5.74, 6) is 0. The first-order valence-corrected chi connectivity index (χ1v) is 1.22. The minimum absolute atomic E-state index is 0. The zero-order valence-corrected chi connectivity index (χ0v) is 9.15. The summed E-state index contributed by atoms with van der Waals surface area (Å²) in [7, 11) is 0. The van der Waals surface area contributed by atoms with Crippen molar-refractivity contribution < 1.29 is 0 Å². The molecule has 0 N–H and O–H groups in total. The van der Waals surface area contributed by atoms with Crippen molar-refractivity contribution in [2.45, 2.75) is 0 Å². The van der Waals surface area contributed by atoms with Gasteiger partial charge < -0.3 is 0 Å². The average Bonchev–Trinajstić information content (AvgIpc) is 0.918.